The lowest BCUT2D eigenvalue weighted by molar-refractivity contribution is 0.289. The summed E-state index contributed by atoms with van der Waals surface area (Å²) in [6, 6.07) is 21.1. The molecule has 0 aromatic heterocycles. The predicted molar refractivity (Wildman–Crippen MR) is 152 cm³/mol. The van der Waals surface area contributed by atoms with Crippen molar-refractivity contribution in [3.8, 4) is 17.2 Å². The minimum Gasteiger partial charge on any atom is -0.493 e. The number of nitrogens with one attached hydrogen (secondary N) is 1. The van der Waals surface area contributed by atoms with Crippen LogP contribution in [0.4, 0.5) is 11.4 Å². The highest BCUT2D eigenvalue weighted by Crippen LogP contribution is 2.60. The van der Waals surface area contributed by atoms with Gasteiger partial charge in [-0.25, -0.2) is 0 Å². The number of rotatable bonds is 13. The predicted octanol–water partition coefficient (Wildman–Crippen LogP) is 6.56. The molecule has 0 fully saturated rings. The van der Waals surface area contributed by atoms with Crippen LogP contribution in [0, 0.1) is 5.92 Å². The van der Waals surface area contributed by atoms with Crippen molar-refractivity contribution < 1.29 is 23.3 Å². The average molecular weight is 527 g/mol. The first-order valence-corrected chi connectivity index (χ1v) is 14.1. The van der Waals surface area contributed by atoms with Crippen LogP contribution in [0.1, 0.15) is 31.6 Å². The highest BCUT2D eigenvalue weighted by molar-refractivity contribution is 7.67. The molecule has 0 amide bonds. The number of hydrogen-bond donors (Lipinski definition) is 1. The van der Waals surface area contributed by atoms with Gasteiger partial charge >= 0.3 is 0 Å². The molecular formula is C29H39N2O5P. The van der Waals surface area contributed by atoms with Crippen LogP contribution in [0.3, 0.4) is 0 Å². The molecule has 0 aliphatic carbocycles. The first-order chi connectivity index (χ1) is 17.7. The Labute approximate surface area is 221 Å². The summed E-state index contributed by atoms with van der Waals surface area (Å²) in [6.45, 7) is 4.61. The first kappa shape index (κ1) is 28.4. The maximum Gasteiger partial charge on any atom is 0.258 e. The Bertz CT molecular complexity index is 1160. The van der Waals surface area contributed by atoms with Crippen LogP contribution >= 0.6 is 7.37 Å². The number of nitrogens with zero attached hydrogens (tertiary/aromatic N) is 1. The number of anilines is 2. The number of para-hydroxylation sites is 1. The lowest BCUT2D eigenvalue weighted by Gasteiger charge is -2.31. The third-order valence-corrected chi connectivity index (χ3v) is 8.82. The van der Waals surface area contributed by atoms with Gasteiger partial charge in [-0.15, -0.1) is 0 Å². The largest absolute Gasteiger partial charge is 0.493 e. The van der Waals surface area contributed by atoms with Crippen molar-refractivity contribution in [1.29, 1.82) is 0 Å². The van der Waals surface area contributed by atoms with Gasteiger partial charge in [0.05, 0.1) is 27.9 Å². The minimum absolute atomic E-state index is 0.363. The van der Waals surface area contributed by atoms with Gasteiger partial charge in [-0.3, -0.25) is 4.57 Å². The molecule has 1 N–H and O–H groups in total. The molecule has 37 heavy (non-hydrogen) atoms. The Morgan fingerprint density at radius 3 is 1.95 bits per heavy atom. The maximum absolute atomic E-state index is 15.1. The standard InChI is InChI=1S/C29H39N2O5P/c1-21(2)17-18-36-37(32,25-15-13-24(14-16-25)31(3)4)29(30-23-11-9-8-10-12-23)22-19-26(33-5)28(35-7)27(20-22)34-6/h8-16,19-21,29-30H,17-18H2,1-7H3/t29-,37-/m1/s1. The highest BCUT2D eigenvalue weighted by atomic mass is 31.2. The van der Waals surface area contributed by atoms with E-state index in [1.807, 2.05) is 85.7 Å². The second-order valence-corrected chi connectivity index (χ2v) is 11.9. The zero-order valence-electron chi connectivity index (χ0n) is 22.9. The molecule has 0 saturated carbocycles. The monoisotopic (exact) mass is 526 g/mol. The fourth-order valence-corrected chi connectivity index (χ4v) is 6.39. The number of methoxy groups -OCH3 is 3. The van der Waals surface area contributed by atoms with Crippen LogP contribution in [-0.4, -0.2) is 42.0 Å². The van der Waals surface area contributed by atoms with E-state index in [2.05, 4.69) is 19.2 Å². The topological polar surface area (TPSA) is 69.3 Å². The van der Waals surface area contributed by atoms with E-state index >= 15 is 4.57 Å². The summed E-state index contributed by atoms with van der Waals surface area (Å²) in [5.74, 6) is 1.12. The van der Waals surface area contributed by atoms with E-state index < -0.39 is 13.2 Å². The van der Waals surface area contributed by atoms with E-state index in [1.165, 1.54) is 0 Å². The zero-order valence-corrected chi connectivity index (χ0v) is 23.7. The summed E-state index contributed by atoms with van der Waals surface area (Å²) < 4.78 is 38.3. The van der Waals surface area contributed by atoms with E-state index in [9.17, 15) is 0 Å². The SMILES string of the molecule is COc1cc([C@H](Nc2ccccc2)[P@](=O)(OCCC(C)C)c2ccc(N(C)C)cc2)cc(OC)c1OC. The Kier molecular flexibility index (Phi) is 9.90. The van der Waals surface area contributed by atoms with Crippen molar-refractivity contribution in [3.63, 3.8) is 0 Å². The molecule has 200 valence electrons. The molecule has 0 spiro atoms. The van der Waals surface area contributed by atoms with E-state index in [1.54, 1.807) is 21.3 Å². The van der Waals surface area contributed by atoms with Crippen LogP contribution in [0.25, 0.3) is 0 Å². The molecule has 3 aromatic rings. The molecule has 0 aliphatic rings. The van der Waals surface area contributed by atoms with Crippen molar-refractivity contribution >= 4 is 24.0 Å². The van der Waals surface area contributed by atoms with Gasteiger partial charge < -0.3 is 29.0 Å². The molecular weight excluding hydrogens is 487 g/mol. The maximum atomic E-state index is 15.1. The molecule has 7 nitrogen and oxygen atoms in total. The molecule has 0 aliphatic heterocycles. The van der Waals surface area contributed by atoms with E-state index in [0.717, 1.165) is 17.8 Å². The second-order valence-electron chi connectivity index (χ2n) is 9.40. The smallest absolute Gasteiger partial charge is 0.258 e. The summed E-state index contributed by atoms with van der Waals surface area (Å²) in [7, 11) is 5.11. The van der Waals surface area contributed by atoms with Gasteiger partial charge in [0.15, 0.2) is 11.5 Å². The third-order valence-electron chi connectivity index (χ3n) is 6.12. The Morgan fingerprint density at radius 1 is 0.865 bits per heavy atom. The lowest BCUT2D eigenvalue weighted by Crippen LogP contribution is -2.22. The fraction of sp³-hybridized carbons (Fsp3) is 0.379. The van der Waals surface area contributed by atoms with Crippen molar-refractivity contribution in [3.05, 3.63) is 72.3 Å². The first-order valence-electron chi connectivity index (χ1n) is 12.4. The van der Waals surface area contributed by atoms with Crippen LogP contribution in [0.5, 0.6) is 17.2 Å². The third kappa shape index (κ3) is 6.79. The summed E-state index contributed by atoms with van der Waals surface area (Å²) in [4.78, 5) is 2.01. The van der Waals surface area contributed by atoms with Gasteiger partial charge in [-0.05, 0) is 66.4 Å². The van der Waals surface area contributed by atoms with Gasteiger partial charge in [-0.1, -0.05) is 32.0 Å². The molecule has 0 bridgehead atoms. The normalized spacial score (nSPS) is 13.5. The number of hydrogen-bond acceptors (Lipinski definition) is 7. The van der Waals surface area contributed by atoms with E-state index in [0.29, 0.717) is 40.6 Å². The fourth-order valence-electron chi connectivity index (χ4n) is 4.00. The molecule has 0 heterocycles. The number of ether oxygens (including phenoxy) is 3. The van der Waals surface area contributed by atoms with E-state index in [4.69, 9.17) is 18.7 Å². The van der Waals surface area contributed by atoms with Crippen LogP contribution in [0.15, 0.2) is 66.7 Å². The summed E-state index contributed by atoms with van der Waals surface area (Å²) in [5, 5.41) is 4.13. The van der Waals surface area contributed by atoms with Gasteiger partial charge in [-0.2, -0.15) is 0 Å². The summed E-state index contributed by atoms with van der Waals surface area (Å²) >= 11 is 0. The molecule has 8 heteroatoms. The molecule has 0 saturated heterocycles. The zero-order chi connectivity index (χ0) is 27.0. The molecule has 3 rings (SSSR count). The van der Waals surface area contributed by atoms with Crippen molar-refractivity contribution in [2.45, 2.75) is 26.1 Å². The van der Waals surface area contributed by atoms with Crippen molar-refractivity contribution in [2.24, 2.45) is 5.92 Å². The Balaban J connectivity index is 2.22. The van der Waals surface area contributed by atoms with Gasteiger partial charge in [0.2, 0.25) is 5.75 Å². The molecule has 0 unspecified atom stereocenters. The Morgan fingerprint density at radius 2 is 1.46 bits per heavy atom. The quantitative estimate of drug-likeness (QED) is 0.253. The molecule has 3 aromatic carbocycles. The molecule has 2 atom stereocenters. The van der Waals surface area contributed by atoms with Gasteiger partial charge in [0.1, 0.15) is 5.78 Å². The number of benzene rings is 3. The van der Waals surface area contributed by atoms with Crippen LogP contribution < -0.4 is 29.7 Å². The summed E-state index contributed by atoms with van der Waals surface area (Å²) in [6.07, 6.45) is 0.785. The second kappa shape index (κ2) is 12.9. The Hall–Kier alpha value is -3.15. The van der Waals surface area contributed by atoms with Gasteiger partial charge in [0, 0.05) is 30.8 Å². The minimum atomic E-state index is -3.54. The summed E-state index contributed by atoms with van der Waals surface area (Å²) in [5.41, 5.74) is 2.53. The average Bonchev–Trinajstić information content (AvgIpc) is 2.91. The van der Waals surface area contributed by atoms with Crippen LogP contribution in [-0.2, 0) is 9.09 Å². The van der Waals surface area contributed by atoms with Crippen molar-refractivity contribution in [2.75, 3.05) is 52.2 Å². The van der Waals surface area contributed by atoms with Crippen molar-refractivity contribution in [1.82, 2.24) is 0 Å². The molecule has 0 radical (unpaired) electrons. The lowest BCUT2D eigenvalue weighted by atomic mass is 10.1. The van der Waals surface area contributed by atoms with E-state index in [-0.39, 0.29) is 0 Å². The van der Waals surface area contributed by atoms with Crippen LogP contribution in [0.2, 0.25) is 0 Å². The van der Waals surface area contributed by atoms with Gasteiger partial charge in [0.25, 0.3) is 7.37 Å². The highest BCUT2D eigenvalue weighted by Gasteiger charge is 2.39.